The van der Waals surface area contributed by atoms with Gasteiger partial charge in [-0.3, -0.25) is 4.79 Å². The van der Waals surface area contributed by atoms with Crippen molar-refractivity contribution in [3.05, 3.63) is 23.2 Å². The Balaban J connectivity index is 2.41. The maximum absolute atomic E-state index is 12.8. The molecule has 1 unspecified atom stereocenters. The minimum absolute atomic E-state index is 0.0348. The number of carbonyl (C=O) groups is 1. The molecule has 0 spiro atoms. The molecule has 0 aliphatic carbocycles. The third-order valence-corrected chi connectivity index (χ3v) is 5.74. The number of sulfonamides is 1. The van der Waals surface area contributed by atoms with Crippen LogP contribution in [0.5, 0.6) is 5.75 Å². The van der Waals surface area contributed by atoms with Gasteiger partial charge in [-0.2, -0.15) is 4.31 Å². The number of benzene rings is 1. The van der Waals surface area contributed by atoms with Gasteiger partial charge in [0.1, 0.15) is 10.6 Å². The third-order valence-electron chi connectivity index (χ3n) is 3.31. The second-order valence-electron chi connectivity index (χ2n) is 4.74. The molecule has 0 amide bonds. The van der Waals surface area contributed by atoms with Gasteiger partial charge in [0.2, 0.25) is 10.0 Å². The smallest absolute Gasteiger partial charge is 0.305 e. The minimum Gasteiger partial charge on any atom is -0.497 e. The SMILES string of the molecule is COc1ccc(Cl)c(S(=O)(=O)N2CCOCC2CC(=O)O)c1. The van der Waals surface area contributed by atoms with E-state index in [1.807, 2.05) is 0 Å². The zero-order chi connectivity index (χ0) is 16.3. The summed E-state index contributed by atoms with van der Waals surface area (Å²) in [4.78, 5) is 10.8. The van der Waals surface area contributed by atoms with Crippen LogP contribution in [0.4, 0.5) is 0 Å². The number of methoxy groups -OCH3 is 1. The highest BCUT2D eigenvalue weighted by Crippen LogP contribution is 2.30. The van der Waals surface area contributed by atoms with Gasteiger partial charge >= 0.3 is 5.97 Å². The van der Waals surface area contributed by atoms with E-state index in [-0.39, 0.29) is 36.1 Å². The maximum atomic E-state index is 12.8. The minimum atomic E-state index is -3.94. The standard InChI is InChI=1S/C13H16ClNO6S/c1-20-10-2-3-11(14)12(7-10)22(18,19)15-4-5-21-8-9(15)6-13(16)17/h2-3,7,9H,4-6,8H2,1H3,(H,16,17). The van der Waals surface area contributed by atoms with Crippen LogP contribution in [-0.4, -0.2) is 56.7 Å². The Bertz CT molecular complexity index is 662. The van der Waals surface area contributed by atoms with Crippen LogP contribution < -0.4 is 4.74 Å². The van der Waals surface area contributed by atoms with Crippen molar-refractivity contribution in [3.8, 4) is 5.75 Å². The van der Waals surface area contributed by atoms with E-state index >= 15 is 0 Å². The van der Waals surface area contributed by atoms with Gasteiger partial charge in [0, 0.05) is 12.6 Å². The molecule has 1 atom stereocenters. The van der Waals surface area contributed by atoms with Crippen LogP contribution in [-0.2, 0) is 19.6 Å². The lowest BCUT2D eigenvalue weighted by atomic mass is 10.2. The van der Waals surface area contributed by atoms with Gasteiger partial charge in [0.25, 0.3) is 0 Å². The third kappa shape index (κ3) is 3.52. The average molecular weight is 350 g/mol. The number of halogens is 1. The molecule has 0 saturated carbocycles. The summed E-state index contributed by atoms with van der Waals surface area (Å²) in [6, 6.07) is 3.54. The average Bonchev–Trinajstić information content (AvgIpc) is 2.47. The van der Waals surface area contributed by atoms with Crippen LogP contribution in [0.1, 0.15) is 6.42 Å². The predicted octanol–water partition coefficient (Wildman–Crippen LogP) is 1.21. The van der Waals surface area contributed by atoms with Gasteiger partial charge in [0.05, 0.1) is 37.8 Å². The van der Waals surface area contributed by atoms with E-state index in [4.69, 9.17) is 26.2 Å². The Labute approximate surface area is 133 Å². The summed E-state index contributed by atoms with van der Waals surface area (Å²) >= 11 is 6.00. The van der Waals surface area contributed by atoms with Gasteiger partial charge in [-0.15, -0.1) is 0 Å². The molecule has 122 valence electrons. The van der Waals surface area contributed by atoms with E-state index in [1.54, 1.807) is 6.07 Å². The molecule has 1 saturated heterocycles. The largest absolute Gasteiger partial charge is 0.497 e. The van der Waals surface area contributed by atoms with Crippen molar-refractivity contribution >= 4 is 27.6 Å². The van der Waals surface area contributed by atoms with E-state index in [0.29, 0.717) is 5.75 Å². The molecule has 7 nitrogen and oxygen atoms in total. The lowest BCUT2D eigenvalue weighted by Crippen LogP contribution is -2.49. The molecular weight excluding hydrogens is 334 g/mol. The molecule has 0 radical (unpaired) electrons. The predicted molar refractivity (Wildman–Crippen MR) is 78.8 cm³/mol. The number of hydrogen-bond donors (Lipinski definition) is 1. The normalized spacial score (nSPS) is 19.8. The molecule has 1 aliphatic heterocycles. The van der Waals surface area contributed by atoms with Crippen molar-refractivity contribution < 1.29 is 27.8 Å². The first kappa shape index (κ1) is 17.0. The van der Waals surface area contributed by atoms with E-state index in [0.717, 1.165) is 4.31 Å². The Kier molecular flexibility index (Phi) is 5.28. The first-order valence-electron chi connectivity index (χ1n) is 6.51. The molecule has 22 heavy (non-hydrogen) atoms. The first-order chi connectivity index (χ1) is 10.4. The Morgan fingerprint density at radius 2 is 2.27 bits per heavy atom. The fourth-order valence-electron chi connectivity index (χ4n) is 2.25. The van der Waals surface area contributed by atoms with Crippen LogP contribution in [0.2, 0.25) is 5.02 Å². The molecule has 1 fully saturated rings. The summed E-state index contributed by atoms with van der Waals surface area (Å²) in [5, 5.41) is 8.99. The summed E-state index contributed by atoms with van der Waals surface area (Å²) < 4.78 is 37.0. The van der Waals surface area contributed by atoms with Crippen LogP contribution in [0.15, 0.2) is 23.1 Å². The molecule has 1 aromatic rings. The van der Waals surface area contributed by atoms with E-state index in [2.05, 4.69) is 0 Å². The Morgan fingerprint density at radius 1 is 1.55 bits per heavy atom. The number of carboxylic acid groups (broad SMARTS) is 1. The molecule has 1 aliphatic rings. The zero-order valence-electron chi connectivity index (χ0n) is 11.9. The monoisotopic (exact) mass is 349 g/mol. The number of nitrogens with zero attached hydrogens (tertiary/aromatic N) is 1. The van der Waals surface area contributed by atoms with Gasteiger partial charge in [-0.1, -0.05) is 11.6 Å². The summed E-state index contributed by atoms with van der Waals surface area (Å²) in [6.45, 7) is 0.317. The molecule has 2 rings (SSSR count). The quantitative estimate of drug-likeness (QED) is 0.859. The fourth-order valence-corrected chi connectivity index (χ4v) is 4.34. The van der Waals surface area contributed by atoms with Gasteiger partial charge in [-0.05, 0) is 12.1 Å². The van der Waals surface area contributed by atoms with Crippen LogP contribution in [0.3, 0.4) is 0 Å². The summed E-state index contributed by atoms with van der Waals surface area (Å²) in [7, 11) is -2.52. The molecular formula is C13H16ClNO6S. The van der Waals surface area contributed by atoms with Gasteiger partial charge < -0.3 is 14.6 Å². The summed E-state index contributed by atoms with van der Waals surface area (Å²) in [5.74, 6) is -0.738. The second kappa shape index (κ2) is 6.82. The van der Waals surface area contributed by atoms with Crippen LogP contribution in [0, 0.1) is 0 Å². The van der Waals surface area contributed by atoms with Gasteiger partial charge in [0.15, 0.2) is 0 Å². The Morgan fingerprint density at radius 3 is 2.91 bits per heavy atom. The molecule has 1 heterocycles. The first-order valence-corrected chi connectivity index (χ1v) is 8.33. The Hall–Kier alpha value is -1.35. The topological polar surface area (TPSA) is 93.1 Å². The molecule has 1 aromatic carbocycles. The van der Waals surface area contributed by atoms with E-state index in [9.17, 15) is 13.2 Å². The van der Waals surface area contributed by atoms with Crippen molar-refractivity contribution in [3.63, 3.8) is 0 Å². The molecule has 9 heteroatoms. The highest BCUT2D eigenvalue weighted by atomic mass is 35.5. The lowest BCUT2D eigenvalue weighted by molar-refractivity contribution is -0.139. The van der Waals surface area contributed by atoms with Crippen molar-refractivity contribution in [1.82, 2.24) is 4.31 Å². The fraction of sp³-hybridized carbons (Fsp3) is 0.462. The molecule has 1 N–H and O–H groups in total. The number of carboxylic acids is 1. The second-order valence-corrected chi connectivity index (χ2v) is 7.00. The lowest BCUT2D eigenvalue weighted by Gasteiger charge is -2.33. The highest BCUT2D eigenvalue weighted by Gasteiger charge is 2.36. The highest BCUT2D eigenvalue weighted by molar-refractivity contribution is 7.89. The number of morpholine rings is 1. The van der Waals surface area contributed by atoms with Crippen molar-refractivity contribution in [1.29, 1.82) is 0 Å². The number of hydrogen-bond acceptors (Lipinski definition) is 5. The summed E-state index contributed by atoms with van der Waals surface area (Å²) in [6.07, 6.45) is -0.333. The van der Waals surface area contributed by atoms with Crippen LogP contribution in [0.25, 0.3) is 0 Å². The van der Waals surface area contributed by atoms with Crippen molar-refractivity contribution in [2.24, 2.45) is 0 Å². The maximum Gasteiger partial charge on any atom is 0.305 e. The van der Waals surface area contributed by atoms with Gasteiger partial charge in [-0.25, -0.2) is 8.42 Å². The zero-order valence-corrected chi connectivity index (χ0v) is 13.4. The van der Waals surface area contributed by atoms with Crippen molar-refractivity contribution in [2.45, 2.75) is 17.4 Å². The number of rotatable bonds is 5. The van der Waals surface area contributed by atoms with Crippen molar-refractivity contribution in [2.75, 3.05) is 26.9 Å². The number of ether oxygens (including phenoxy) is 2. The molecule has 0 aromatic heterocycles. The van der Waals surface area contributed by atoms with Crippen LogP contribution >= 0.6 is 11.6 Å². The van der Waals surface area contributed by atoms with E-state index < -0.39 is 22.0 Å². The molecule has 0 bridgehead atoms. The summed E-state index contributed by atoms with van der Waals surface area (Å²) in [5.41, 5.74) is 0. The van der Waals surface area contributed by atoms with E-state index in [1.165, 1.54) is 19.2 Å². The number of aliphatic carboxylic acids is 1.